The monoisotopic (exact) mass is 189 g/mol. The molecule has 80 valence electrons. The van der Waals surface area contributed by atoms with Gasteiger partial charge in [0.2, 0.25) is 5.91 Å². The first-order valence-corrected chi connectivity index (χ1v) is 4.99. The highest BCUT2D eigenvalue weighted by Gasteiger charge is 2.12. The smallest absolute Gasteiger partial charge is 0.222 e. The second kappa shape index (κ2) is 6.89. The van der Waals surface area contributed by atoms with Gasteiger partial charge >= 0.3 is 0 Å². The third-order valence-corrected chi connectivity index (χ3v) is 1.89. The first-order valence-electron chi connectivity index (χ1n) is 4.99. The summed E-state index contributed by atoms with van der Waals surface area (Å²) in [5.41, 5.74) is 0. The molecule has 1 N–H and O–H groups in total. The van der Waals surface area contributed by atoms with Crippen molar-refractivity contribution >= 4 is 5.91 Å². The summed E-state index contributed by atoms with van der Waals surface area (Å²) in [6.07, 6.45) is 0.915. The standard InChI is InChI=1S/C10H21NO2.H2/c1-5-9(7-13-6-2)11-10(12)8(3)4;/h8-9H,5-7H2,1-4H3,(H,11,12);1H. The molecule has 0 radical (unpaired) electrons. The van der Waals surface area contributed by atoms with Gasteiger partial charge in [-0.15, -0.1) is 0 Å². The fourth-order valence-corrected chi connectivity index (χ4v) is 0.890. The van der Waals surface area contributed by atoms with Crippen LogP contribution in [0.5, 0.6) is 0 Å². The zero-order chi connectivity index (χ0) is 10.3. The Labute approximate surface area is 82.3 Å². The van der Waals surface area contributed by atoms with Crippen LogP contribution in [0.3, 0.4) is 0 Å². The van der Waals surface area contributed by atoms with Gasteiger partial charge in [-0.05, 0) is 13.3 Å². The first-order chi connectivity index (χ1) is 6.11. The molecule has 0 aliphatic rings. The average molecular weight is 189 g/mol. The van der Waals surface area contributed by atoms with E-state index in [9.17, 15) is 4.79 Å². The third kappa shape index (κ3) is 5.64. The zero-order valence-electron chi connectivity index (χ0n) is 9.09. The van der Waals surface area contributed by atoms with Crippen molar-refractivity contribution in [2.45, 2.75) is 40.2 Å². The van der Waals surface area contributed by atoms with Gasteiger partial charge in [0.05, 0.1) is 12.6 Å². The molecule has 13 heavy (non-hydrogen) atoms. The van der Waals surface area contributed by atoms with Crippen molar-refractivity contribution < 1.29 is 11.0 Å². The van der Waals surface area contributed by atoms with Crippen LogP contribution in [0.1, 0.15) is 35.5 Å². The van der Waals surface area contributed by atoms with E-state index >= 15 is 0 Å². The molecule has 0 aromatic carbocycles. The molecule has 0 bridgehead atoms. The number of nitrogens with one attached hydrogen (secondary N) is 1. The molecule has 3 nitrogen and oxygen atoms in total. The van der Waals surface area contributed by atoms with Crippen LogP contribution in [-0.4, -0.2) is 25.2 Å². The summed E-state index contributed by atoms with van der Waals surface area (Å²) in [4.78, 5) is 11.3. The fraction of sp³-hybridized carbons (Fsp3) is 0.900. The maximum atomic E-state index is 11.3. The van der Waals surface area contributed by atoms with Crippen molar-refractivity contribution in [2.75, 3.05) is 13.2 Å². The number of hydrogen-bond acceptors (Lipinski definition) is 2. The Morgan fingerprint density at radius 2 is 2.08 bits per heavy atom. The summed E-state index contributed by atoms with van der Waals surface area (Å²) in [7, 11) is 0. The molecule has 1 atom stereocenters. The molecule has 0 rings (SSSR count). The van der Waals surface area contributed by atoms with E-state index in [4.69, 9.17) is 4.74 Å². The molecule has 3 heteroatoms. The minimum Gasteiger partial charge on any atom is -0.380 e. The van der Waals surface area contributed by atoms with E-state index in [1.807, 2.05) is 27.7 Å². The van der Waals surface area contributed by atoms with E-state index in [1.54, 1.807) is 0 Å². The van der Waals surface area contributed by atoms with Gasteiger partial charge in [0.25, 0.3) is 0 Å². The summed E-state index contributed by atoms with van der Waals surface area (Å²) in [6, 6.07) is 0.162. The van der Waals surface area contributed by atoms with E-state index in [-0.39, 0.29) is 19.3 Å². The quantitative estimate of drug-likeness (QED) is 0.692. The van der Waals surface area contributed by atoms with E-state index in [0.717, 1.165) is 6.42 Å². The lowest BCUT2D eigenvalue weighted by Gasteiger charge is -2.17. The molecule has 0 aliphatic heterocycles. The van der Waals surface area contributed by atoms with E-state index in [2.05, 4.69) is 5.32 Å². The van der Waals surface area contributed by atoms with Gasteiger partial charge in [0.1, 0.15) is 0 Å². The van der Waals surface area contributed by atoms with Crippen LogP contribution in [0.25, 0.3) is 0 Å². The summed E-state index contributed by atoms with van der Waals surface area (Å²) < 4.78 is 5.25. The minimum absolute atomic E-state index is 0. The van der Waals surface area contributed by atoms with Crippen molar-refractivity contribution in [2.24, 2.45) is 5.92 Å². The Morgan fingerprint density at radius 3 is 2.46 bits per heavy atom. The summed E-state index contributed by atoms with van der Waals surface area (Å²) >= 11 is 0. The van der Waals surface area contributed by atoms with Crippen molar-refractivity contribution in [3.8, 4) is 0 Å². The van der Waals surface area contributed by atoms with Gasteiger partial charge in [0.15, 0.2) is 0 Å². The highest BCUT2D eigenvalue weighted by Crippen LogP contribution is 1.97. The second-order valence-corrected chi connectivity index (χ2v) is 3.43. The fourth-order valence-electron chi connectivity index (χ4n) is 0.890. The van der Waals surface area contributed by atoms with Crippen LogP contribution in [0.15, 0.2) is 0 Å². The predicted molar refractivity (Wildman–Crippen MR) is 55.7 cm³/mol. The van der Waals surface area contributed by atoms with Crippen LogP contribution in [-0.2, 0) is 9.53 Å². The molecule has 1 unspecified atom stereocenters. The van der Waals surface area contributed by atoms with Crippen LogP contribution < -0.4 is 5.32 Å². The summed E-state index contributed by atoms with van der Waals surface area (Å²) in [5.74, 6) is 0.155. The maximum Gasteiger partial charge on any atom is 0.222 e. The number of carbonyl (C=O) groups is 1. The molecule has 0 aromatic rings. The Morgan fingerprint density at radius 1 is 1.46 bits per heavy atom. The lowest BCUT2D eigenvalue weighted by molar-refractivity contribution is -0.125. The Hall–Kier alpha value is -0.570. The molecule has 0 saturated heterocycles. The Bertz CT molecular complexity index is 151. The molecule has 0 aliphatic carbocycles. The third-order valence-electron chi connectivity index (χ3n) is 1.89. The molecule has 0 aromatic heterocycles. The van der Waals surface area contributed by atoms with Crippen molar-refractivity contribution in [1.82, 2.24) is 5.32 Å². The van der Waals surface area contributed by atoms with Gasteiger partial charge < -0.3 is 10.1 Å². The Kier molecular flexibility index (Phi) is 6.59. The van der Waals surface area contributed by atoms with Crippen LogP contribution in [0, 0.1) is 5.92 Å². The molecular formula is C10H23NO2. The highest BCUT2D eigenvalue weighted by molar-refractivity contribution is 5.78. The zero-order valence-corrected chi connectivity index (χ0v) is 9.09. The topological polar surface area (TPSA) is 38.3 Å². The van der Waals surface area contributed by atoms with Gasteiger partial charge in [-0.25, -0.2) is 0 Å². The van der Waals surface area contributed by atoms with Crippen LogP contribution in [0.4, 0.5) is 0 Å². The molecule has 0 saturated carbocycles. The predicted octanol–water partition coefficient (Wildman–Crippen LogP) is 1.82. The highest BCUT2D eigenvalue weighted by atomic mass is 16.5. The molecular weight excluding hydrogens is 166 g/mol. The summed E-state index contributed by atoms with van der Waals surface area (Å²) in [5, 5.41) is 2.94. The molecule has 1 amide bonds. The van der Waals surface area contributed by atoms with Crippen molar-refractivity contribution in [3.05, 3.63) is 0 Å². The van der Waals surface area contributed by atoms with Gasteiger partial charge in [-0.2, -0.15) is 0 Å². The minimum atomic E-state index is 0. The number of hydrogen-bond donors (Lipinski definition) is 1. The number of amides is 1. The lowest BCUT2D eigenvalue weighted by atomic mass is 10.1. The lowest BCUT2D eigenvalue weighted by Crippen LogP contribution is -2.39. The number of rotatable bonds is 6. The van der Waals surface area contributed by atoms with Crippen molar-refractivity contribution in [3.63, 3.8) is 0 Å². The summed E-state index contributed by atoms with van der Waals surface area (Å²) in [6.45, 7) is 9.10. The van der Waals surface area contributed by atoms with E-state index in [1.165, 1.54) is 0 Å². The van der Waals surface area contributed by atoms with Gasteiger partial charge in [-0.3, -0.25) is 4.79 Å². The number of ether oxygens (including phenoxy) is 1. The van der Waals surface area contributed by atoms with Crippen LogP contribution in [0.2, 0.25) is 0 Å². The number of carbonyl (C=O) groups excluding carboxylic acids is 1. The van der Waals surface area contributed by atoms with Crippen LogP contribution >= 0.6 is 0 Å². The normalized spacial score (nSPS) is 13.0. The average Bonchev–Trinajstić information content (AvgIpc) is 2.11. The molecule has 0 spiro atoms. The van der Waals surface area contributed by atoms with Gasteiger partial charge in [0, 0.05) is 14.0 Å². The maximum absolute atomic E-state index is 11.3. The SMILES string of the molecule is CCOCC(CC)NC(=O)C(C)C.[HH]. The largest absolute Gasteiger partial charge is 0.380 e. The Balaban J connectivity index is 0. The van der Waals surface area contributed by atoms with Gasteiger partial charge in [-0.1, -0.05) is 20.8 Å². The molecule has 0 heterocycles. The molecule has 0 fully saturated rings. The van der Waals surface area contributed by atoms with E-state index < -0.39 is 0 Å². The van der Waals surface area contributed by atoms with E-state index in [0.29, 0.717) is 13.2 Å². The first kappa shape index (κ1) is 12.4. The van der Waals surface area contributed by atoms with Crippen molar-refractivity contribution in [1.29, 1.82) is 0 Å². The second-order valence-electron chi connectivity index (χ2n) is 3.43.